The molecule has 0 bridgehead atoms. The van der Waals surface area contributed by atoms with Gasteiger partial charge in [0.1, 0.15) is 5.56 Å². The summed E-state index contributed by atoms with van der Waals surface area (Å²) >= 11 is 0. The molecule has 2 fully saturated rings. The second-order valence-electron chi connectivity index (χ2n) is 6.77. The number of benzene rings is 1. The number of hydrogen-bond donors (Lipinski definition) is 0. The molecule has 140 valence electrons. The van der Waals surface area contributed by atoms with Gasteiger partial charge in [-0.25, -0.2) is 0 Å². The van der Waals surface area contributed by atoms with E-state index in [1.54, 1.807) is 17.0 Å². The SMILES string of the molecule is COC(=O)[C@H]1CCCN(c2ccc([N+](=O)[O-])c(C(=O)N3CCCC3)c2)C1. The molecule has 2 heterocycles. The van der Waals surface area contributed by atoms with Gasteiger partial charge >= 0.3 is 5.97 Å². The molecule has 8 nitrogen and oxygen atoms in total. The first kappa shape index (κ1) is 18.2. The number of esters is 1. The molecule has 1 aromatic carbocycles. The molecular formula is C18H23N3O5. The lowest BCUT2D eigenvalue weighted by molar-refractivity contribution is -0.385. The smallest absolute Gasteiger partial charge is 0.310 e. The van der Waals surface area contributed by atoms with Gasteiger partial charge in [-0.15, -0.1) is 0 Å². The molecule has 26 heavy (non-hydrogen) atoms. The Kier molecular flexibility index (Phi) is 5.39. The summed E-state index contributed by atoms with van der Waals surface area (Å²) in [6, 6.07) is 4.64. The lowest BCUT2D eigenvalue weighted by Crippen LogP contribution is -2.39. The number of likely N-dealkylation sites (tertiary alicyclic amines) is 1. The molecule has 0 N–H and O–H groups in total. The Morgan fingerprint density at radius 1 is 1.19 bits per heavy atom. The van der Waals surface area contributed by atoms with Crippen LogP contribution in [0.5, 0.6) is 0 Å². The molecule has 0 radical (unpaired) electrons. The minimum absolute atomic E-state index is 0.120. The van der Waals surface area contributed by atoms with Gasteiger partial charge in [0.2, 0.25) is 0 Å². The van der Waals surface area contributed by atoms with Crippen LogP contribution in [0.15, 0.2) is 18.2 Å². The van der Waals surface area contributed by atoms with Gasteiger partial charge in [-0.1, -0.05) is 0 Å². The molecule has 0 aromatic heterocycles. The van der Waals surface area contributed by atoms with Gasteiger partial charge in [0.05, 0.1) is 18.0 Å². The number of anilines is 1. The van der Waals surface area contributed by atoms with Gasteiger partial charge in [-0.2, -0.15) is 0 Å². The fraction of sp³-hybridized carbons (Fsp3) is 0.556. The summed E-state index contributed by atoms with van der Waals surface area (Å²) < 4.78 is 4.84. The van der Waals surface area contributed by atoms with E-state index in [9.17, 15) is 19.7 Å². The Bertz CT molecular complexity index is 715. The summed E-state index contributed by atoms with van der Waals surface area (Å²) in [5, 5.41) is 11.4. The Hall–Kier alpha value is -2.64. The average molecular weight is 361 g/mol. The average Bonchev–Trinajstić information content (AvgIpc) is 3.21. The van der Waals surface area contributed by atoms with Crippen molar-refractivity contribution >= 4 is 23.3 Å². The fourth-order valence-electron chi connectivity index (χ4n) is 3.71. The van der Waals surface area contributed by atoms with Crippen LogP contribution >= 0.6 is 0 Å². The molecule has 8 heteroatoms. The molecule has 3 rings (SSSR count). The van der Waals surface area contributed by atoms with Crippen LogP contribution in [0.4, 0.5) is 11.4 Å². The third-order valence-corrected chi connectivity index (χ3v) is 5.12. The summed E-state index contributed by atoms with van der Waals surface area (Å²) in [6.45, 7) is 2.49. The largest absolute Gasteiger partial charge is 0.469 e. The van der Waals surface area contributed by atoms with E-state index in [1.165, 1.54) is 13.2 Å². The minimum atomic E-state index is -0.513. The normalized spacial score (nSPS) is 20.1. The van der Waals surface area contributed by atoms with Crippen molar-refractivity contribution in [1.82, 2.24) is 4.90 Å². The number of hydrogen-bond acceptors (Lipinski definition) is 6. The summed E-state index contributed by atoms with van der Waals surface area (Å²) in [5.74, 6) is -0.760. The summed E-state index contributed by atoms with van der Waals surface area (Å²) in [4.78, 5) is 39.1. The number of nitro benzene ring substituents is 1. The van der Waals surface area contributed by atoms with Crippen LogP contribution in [-0.4, -0.2) is 55.0 Å². The predicted octanol–water partition coefficient (Wildman–Crippen LogP) is 2.22. The quantitative estimate of drug-likeness (QED) is 0.464. The molecule has 2 aliphatic rings. The number of methoxy groups -OCH3 is 1. The fourth-order valence-corrected chi connectivity index (χ4v) is 3.71. The van der Waals surface area contributed by atoms with Gasteiger partial charge in [0.25, 0.3) is 11.6 Å². The van der Waals surface area contributed by atoms with Gasteiger partial charge in [0.15, 0.2) is 0 Å². The van der Waals surface area contributed by atoms with E-state index >= 15 is 0 Å². The first-order valence-corrected chi connectivity index (χ1v) is 8.91. The maximum absolute atomic E-state index is 12.8. The number of rotatable bonds is 4. The molecule has 2 aliphatic heterocycles. The minimum Gasteiger partial charge on any atom is -0.469 e. The molecule has 1 aromatic rings. The molecule has 0 saturated carbocycles. The van der Waals surface area contributed by atoms with Gasteiger partial charge in [0, 0.05) is 37.9 Å². The second-order valence-corrected chi connectivity index (χ2v) is 6.77. The molecule has 1 atom stereocenters. The van der Waals surface area contributed by atoms with E-state index in [-0.39, 0.29) is 29.0 Å². The maximum Gasteiger partial charge on any atom is 0.310 e. The highest BCUT2D eigenvalue weighted by atomic mass is 16.6. The third-order valence-electron chi connectivity index (χ3n) is 5.12. The number of carbonyl (C=O) groups is 2. The number of carbonyl (C=O) groups excluding carboxylic acids is 2. The van der Waals surface area contributed by atoms with E-state index in [2.05, 4.69) is 0 Å². The zero-order valence-corrected chi connectivity index (χ0v) is 14.8. The van der Waals surface area contributed by atoms with Crippen LogP contribution in [0.1, 0.15) is 36.0 Å². The second kappa shape index (κ2) is 7.72. The first-order chi connectivity index (χ1) is 12.5. The number of amides is 1. The highest BCUT2D eigenvalue weighted by Crippen LogP contribution is 2.30. The van der Waals surface area contributed by atoms with Crippen LogP contribution in [0, 0.1) is 16.0 Å². The Labute approximate surface area is 151 Å². The maximum atomic E-state index is 12.8. The van der Waals surface area contributed by atoms with Crippen molar-refractivity contribution in [2.45, 2.75) is 25.7 Å². The summed E-state index contributed by atoms with van der Waals surface area (Å²) in [7, 11) is 1.37. The molecule has 0 aliphatic carbocycles. The highest BCUT2D eigenvalue weighted by Gasteiger charge is 2.30. The molecule has 0 spiro atoms. The van der Waals surface area contributed by atoms with Crippen molar-refractivity contribution in [2.75, 3.05) is 38.2 Å². The highest BCUT2D eigenvalue weighted by molar-refractivity contribution is 5.99. The van der Waals surface area contributed by atoms with Crippen molar-refractivity contribution in [3.63, 3.8) is 0 Å². The first-order valence-electron chi connectivity index (χ1n) is 8.91. The Balaban J connectivity index is 1.88. The zero-order valence-electron chi connectivity index (χ0n) is 14.8. The van der Waals surface area contributed by atoms with E-state index in [0.717, 1.165) is 37.9 Å². The van der Waals surface area contributed by atoms with Crippen molar-refractivity contribution in [1.29, 1.82) is 0 Å². The molecular weight excluding hydrogens is 338 g/mol. The number of piperidine rings is 1. The van der Waals surface area contributed by atoms with E-state index in [4.69, 9.17) is 4.74 Å². The van der Waals surface area contributed by atoms with Crippen molar-refractivity contribution in [2.24, 2.45) is 5.92 Å². The van der Waals surface area contributed by atoms with Crippen molar-refractivity contribution in [3.8, 4) is 0 Å². The lowest BCUT2D eigenvalue weighted by atomic mass is 9.97. The monoisotopic (exact) mass is 361 g/mol. The van der Waals surface area contributed by atoms with E-state index in [0.29, 0.717) is 19.6 Å². The van der Waals surface area contributed by atoms with Gasteiger partial charge in [-0.3, -0.25) is 19.7 Å². The molecule has 2 saturated heterocycles. The van der Waals surface area contributed by atoms with Crippen molar-refractivity contribution in [3.05, 3.63) is 33.9 Å². The predicted molar refractivity (Wildman–Crippen MR) is 95.2 cm³/mol. The summed E-state index contributed by atoms with van der Waals surface area (Å²) in [6.07, 6.45) is 3.43. The molecule has 1 amide bonds. The van der Waals surface area contributed by atoms with Crippen molar-refractivity contribution < 1.29 is 19.2 Å². The van der Waals surface area contributed by atoms with Gasteiger partial charge in [-0.05, 0) is 37.8 Å². The standard InChI is InChI=1S/C18H23N3O5/c1-26-18(23)13-5-4-10-20(12-13)14-6-7-16(21(24)25)15(11-14)17(22)19-8-2-3-9-19/h6-7,11,13H,2-5,8-10,12H2,1H3/t13-/m0/s1. The third kappa shape index (κ3) is 3.63. The van der Waals surface area contributed by atoms with Crippen LogP contribution in [0.25, 0.3) is 0 Å². The number of nitrogens with zero attached hydrogens (tertiary/aromatic N) is 3. The van der Waals surface area contributed by atoms with Crippen LogP contribution in [-0.2, 0) is 9.53 Å². The Morgan fingerprint density at radius 2 is 1.92 bits per heavy atom. The van der Waals surface area contributed by atoms with Gasteiger partial charge < -0.3 is 14.5 Å². The van der Waals surface area contributed by atoms with E-state index < -0.39 is 4.92 Å². The number of nitro groups is 1. The lowest BCUT2D eigenvalue weighted by Gasteiger charge is -2.33. The molecule has 0 unspecified atom stereocenters. The summed E-state index contributed by atoms with van der Waals surface area (Å²) in [5.41, 5.74) is 0.675. The number of ether oxygens (including phenoxy) is 1. The van der Waals surface area contributed by atoms with Crippen LogP contribution < -0.4 is 4.90 Å². The topological polar surface area (TPSA) is 93.0 Å². The zero-order chi connectivity index (χ0) is 18.7. The van der Waals surface area contributed by atoms with Crippen LogP contribution in [0.2, 0.25) is 0 Å². The Morgan fingerprint density at radius 3 is 2.58 bits per heavy atom. The van der Waals surface area contributed by atoms with E-state index in [1.807, 2.05) is 4.90 Å². The van der Waals surface area contributed by atoms with Crippen LogP contribution in [0.3, 0.4) is 0 Å².